The van der Waals surface area contributed by atoms with Gasteiger partial charge in [0.1, 0.15) is 6.04 Å². The van der Waals surface area contributed by atoms with Crippen LogP contribution in [0.2, 0.25) is 0 Å². The Bertz CT molecular complexity index is 942. The van der Waals surface area contributed by atoms with Crippen molar-refractivity contribution in [3.8, 4) is 0 Å². The Kier molecular flexibility index (Phi) is 12.3. The van der Waals surface area contributed by atoms with E-state index < -0.39 is 23.8 Å². The Hall–Kier alpha value is -2.56. The van der Waals surface area contributed by atoms with E-state index in [2.05, 4.69) is 0 Å². The van der Waals surface area contributed by atoms with E-state index >= 15 is 0 Å². The molecule has 198 valence electrons. The van der Waals surface area contributed by atoms with E-state index in [-0.39, 0.29) is 18.4 Å². The summed E-state index contributed by atoms with van der Waals surface area (Å²) in [5, 5.41) is 8.27. The minimum absolute atomic E-state index is 0.0238. The maximum Gasteiger partial charge on any atom is 0.416 e. The number of amides is 1. The van der Waals surface area contributed by atoms with Crippen LogP contribution in [0.25, 0.3) is 0 Å². The summed E-state index contributed by atoms with van der Waals surface area (Å²) >= 11 is 1.60. The number of halogens is 3. The van der Waals surface area contributed by atoms with Crippen molar-refractivity contribution in [1.82, 2.24) is 4.90 Å². The van der Waals surface area contributed by atoms with Crippen LogP contribution in [-0.4, -0.2) is 59.1 Å². The molecule has 3 N–H and O–H groups in total. The van der Waals surface area contributed by atoms with Crippen molar-refractivity contribution in [1.29, 1.82) is 0 Å². The number of carbonyl (C=O) groups is 2. The summed E-state index contributed by atoms with van der Waals surface area (Å²) in [6.45, 7) is 1.63. The highest BCUT2D eigenvalue weighted by atomic mass is 32.2. The first kappa shape index (κ1) is 29.7. The zero-order chi connectivity index (χ0) is 26.6. The summed E-state index contributed by atoms with van der Waals surface area (Å²) in [6.07, 6.45) is 0.0166. The number of thioether (sulfide) groups is 1. The third kappa shape index (κ3) is 10.2. The molecule has 1 aliphatic heterocycles. The molecule has 36 heavy (non-hydrogen) atoms. The fourth-order valence-electron chi connectivity index (χ4n) is 3.68. The fraction of sp³-hybridized carbons (Fsp3) is 0.462. The second kappa shape index (κ2) is 14.9. The van der Waals surface area contributed by atoms with Gasteiger partial charge in [0.2, 0.25) is 5.91 Å². The zero-order valence-electron chi connectivity index (χ0n) is 20.2. The van der Waals surface area contributed by atoms with Crippen molar-refractivity contribution < 1.29 is 32.6 Å². The highest BCUT2D eigenvalue weighted by molar-refractivity contribution is 7.98. The van der Waals surface area contributed by atoms with Crippen molar-refractivity contribution in [2.45, 2.75) is 50.6 Å². The van der Waals surface area contributed by atoms with Gasteiger partial charge in [0, 0.05) is 6.54 Å². The number of nitrogens with two attached hydrogens (primary N) is 1. The van der Waals surface area contributed by atoms with Crippen LogP contribution in [-0.2, 0) is 33.5 Å². The van der Waals surface area contributed by atoms with Crippen molar-refractivity contribution in [3.63, 3.8) is 0 Å². The van der Waals surface area contributed by atoms with E-state index in [1.54, 1.807) is 16.7 Å². The lowest BCUT2D eigenvalue weighted by Gasteiger charge is -2.25. The summed E-state index contributed by atoms with van der Waals surface area (Å²) < 4.78 is 43.7. The van der Waals surface area contributed by atoms with Crippen LogP contribution < -0.4 is 5.73 Å². The van der Waals surface area contributed by atoms with Crippen LogP contribution in [0.5, 0.6) is 0 Å². The number of hydrogen-bond donors (Lipinski definition) is 2. The summed E-state index contributed by atoms with van der Waals surface area (Å²) in [4.78, 5) is 24.5. The predicted octanol–water partition coefficient (Wildman–Crippen LogP) is 4.61. The second-order valence-electron chi connectivity index (χ2n) is 8.48. The molecule has 0 aliphatic carbocycles. The minimum atomic E-state index is -4.36. The van der Waals surface area contributed by atoms with E-state index in [1.165, 1.54) is 12.1 Å². The van der Waals surface area contributed by atoms with E-state index in [1.807, 2.05) is 36.6 Å². The Morgan fingerprint density at radius 2 is 1.81 bits per heavy atom. The molecule has 0 spiro atoms. The van der Waals surface area contributed by atoms with Gasteiger partial charge in [-0.25, -0.2) is 0 Å². The van der Waals surface area contributed by atoms with Gasteiger partial charge in [0.25, 0.3) is 0 Å². The summed E-state index contributed by atoms with van der Waals surface area (Å²) in [5.41, 5.74) is 6.16. The van der Waals surface area contributed by atoms with Gasteiger partial charge in [0.05, 0.1) is 31.2 Å². The quantitative estimate of drug-likeness (QED) is 0.470. The minimum Gasteiger partial charge on any atom is -0.480 e. The van der Waals surface area contributed by atoms with Crippen molar-refractivity contribution in [2.24, 2.45) is 5.73 Å². The van der Waals surface area contributed by atoms with Crippen LogP contribution in [0.15, 0.2) is 54.6 Å². The topological polar surface area (TPSA) is 92.9 Å². The first-order chi connectivity index (χ1) is 17.1. The predicted molar refractivity (Wildman–Crippen MR) is 135 cm³/mol. The van der Waals surface area contributed by atoms with Gasteiger partial charge in [-0.3, -0.25) is 9.59 Å². The van der Waals surface area contributed by atoms with Gasteiger partial charge in [-0.05, 0) is 54.5 Å². The molecule has 0 bridgehead atoms. The first-order valence-electron chi connectivity index (χ1n) is 11.7. The number of rotatable bonds is 10. The monoisotopic (exact) mass is 526 g/mol. The molecule has 2 atom stereocenters. The molecule has 1 heterocycles. The molecule has 0 saturated carbocycles. The van der Waals surface area contributed by atoms with Gasteiger partial charge < -0.3 is 20.5 Å². The Morgan fingerprint density at radius 1 is 1.14 bits per heavy atom. The summed E-state index contributed by atoms with van der Waals surface area (Å²) in [5.74, 6) is -0.169. The number of alkyl halides is 3. The molecule has 0 aromatic heterocycles. The van der Waals surface area contributed by atoms with Crippen LogP contribution in [0.3, 0.4) is 0 Å². The van der Waals surface area contributed by atoms with Gasteiger partial charge in [-0.15, -0.1) is 0 Å². The lowest BCUT2D eigenvalue weighted by molar-refractivity contribution is -0.139. The average molecular weight is 527 g/mol. The van der Waals surface area contributed by atoms with E-state index in [4.69, 9.17) is 15.6 Å². The molecule has 1 aliphatic rings. The van der Waals surface area contributed by atoms with Crippen LogP contribution in [0.4, 0.5) is 13.2 Å². The highest BCUT2D eigenvalue weighted by Gasteiger charge is 2.31. The van der Waals surface area contributed by atoms with E-state index in [0.717, 1.165) is 36.3 Å². The molecule has 2 aromatic rings. The number of hydrogen-bond acceptors (Lipinski definition) is 5. The summed E-state index contributed by atoms with van der Waals surface area (Å²) in [6, 6.07) is 14.0. The lowest BCUT2D eigenvalue weighted by Crippen LogP contribution is -2.39. The molecule has 2 aromatic carbocycles. The third-order valence-corrected chi connectivity index (χ3v) is 6.35. The van der Waals surface area contributed by atoms with Crippen molar-refractivity contribution in [2.75, 3.05) is 25.2 Å². The number of carbonyl (C=O) groups excluding carboxylic acids is 1. The summed E-state index contributed by atoms with van der Waals surface area (Å²) in [7, 11) is 0. The third-order valence-electron chi connectivity index (χ3n) is 5.71. The maximum absolute atomic E-state index is 12.6. The number of ether oxygens (including phenoxy) is 1. The molecule has 1 fully saturated rings. The Morgan fingerprint density at radius 3 is 2.39 bits per heavy atom. The van der Waals surface area contributed by atoms with E-state index in [0.29, 0.717) is 31.7 Å². The van der Waals surface area contributed by atoms with Crippen LogP contribution >= 0.6 is 11.8 Å². The number of likely N-dealkylation sites (tertiary alicyclic amines) is 1. The molecule has 1 saturated heterocycles. The maximum atomic E-state index is 12.6. The number of nitrogens with zero attached hydrogens (tertiary/aromatic N) is 1. The number of aliphatic carboxylic acids is 1. The fourth-order valence-corrected chi connectivity index (χ4v) is 4.17. The number of carboxylic acid groups (broad SMARTS) is 1. The molecule has 1 amide bonds. The Balaban J connectivity index is 0.000000434. The SMILES string of the molecule is CSCCC(N)C(=O)O.O=C(Cc1ccc(C(F)(F)F)cc1)N1CCCC1COCc1ccccc1. The first-order valence-corrected chi connectivity index (χ1v) is 13.1. The van der Waals surface area contributed by atoms with Crippen molar-refractivity contribution >= 4 is 23.6 Å². The van der Waals surface area contributed by atoms with Crippen LogP contribution in [0, 0.1) is 0 Å². The van der Waals surface area contributed by atoms with Gasteiger partial charge in [-0.2, -0.15) is 24.9 Å². The van der Waals surface area contributed by atoms with Crippen LogP contribution in [0.1, 0.15) is 36.0 Å². The smallest absolute Gasteiger partial charge is 0.416 e. The largest absolute Gasteiger partial charge is 0.480 e. The molecule has 2 unspecified atom stereocenters. The molecule has 3 rings (SSSR count). The zero-order valence-corrected chi connectivity index (χ0v) is 21.1. The standard InChI is InChI=1S/C21H22F3NO2.C5H11NO2S/c22-21(23,24)18-10-8-16(9-11-18)13-20(26)25-12-4-7-19(25)15-27-14-17-5-2-1-3-6-17;1-9-3-2-4(6)5(7)8/h1-3,5-6,8-11,19H,4,7,12-15H2;4H,2-3,6H2,1H3,(H,7,8). The van der Waals surface area contributed by atoms with Gasteiger partial charge in [-0.1, -0.05) is 42.5 Å². The van der Waals surface area contributed by atoms with Gasteiger partial charge in [0.15, 0.2) is 0 Å². The van der Waals surface area contributed by atoms with Gasteiger partial charge >= 0.3 is 12.1 Å². The second-order valence-corrected chi connectivity index (χ2v) is 9.47. The average Bonchev–Trinajstić information content (AvgIpc) is 3.32. The Labute approximate surface area is 214 Å². The molecule has 6 nitrogen and oxygen atoms in total. The normalized spacial score (nSPS) is 16.2. The molecule has 0 radical (unpaired) electrons. The molecule has 10 heteroatoms. The van der Waals surface area contributed by atoms with E-state index in [9.17, 15) is 22.8 Å². The molecular formula is C26H33F3N2O4S. The number of benzene rings is 2. The highest BCUT2D eigenvalue weighted by Crippen LogP contribution is 2.29. The molecular weight excluding hydrogens is 493 g/mol. The number of carboxylic acids is 1. The lowest BCUT2D eigenvalue weighted by atomic mass is 10.1. The van der Waals surface area contributed by atoms with Crippen molar-refractivity contribution in [3.05, 3.63) is 71.3 Å².